The first-order chi connectivity index (χ1) is 9.29. The Balaban J connectivity index is 1.96. The summed E-state index contributed by atoms with van der Waals surface area (Å²) in [5, 5.41) is 0. The number of hydrogen-bond donors (Lipinski definition) is 0. The van der Waals surface area contributed by atoms with E-state index in [1.807, 2.05) is 42.2 Å². The first-order valence-corrected chi connectivity index (χ1v) is 6.63. The molecule has 2 rings (SSSR count). The van der Waals surface area contributed by atoms with Crippen molar-refractivity contribution in [3.8, 4) is 0 Å². The summed E-state index contributed by atoms with van der Waals surface area (Å²) in [6.45, 7) is 3.16. The van der Waals surface area contributed by atoms with Gasteiger partial charge in [0.2, 0.25) is 5.91 Å². The standard InChI is InChI=1S/C16H19NO2/c1-2-16(18)17(13-15-9-6-12-19-15)11-10-14-7-4-3-5-8-14/h3-9,12H,2,10-11,13H2,1H3. The Morgan fingerprint density at radius 1 is 1.16 bits per heavy atom. The highest BCUT2D eigenvalue weighted by Crippen LogP contribution is 2.09. The summed E-state index contributed by atoms with van der Waals surface area (Å²) in [5.74, 6) is 0.988. The molecule has 0 saturated heterocycles. The van der Waals surface area contributed by atoms with Crippen LogP contribution in [0.4, 0.5) is 0 Å². The Bertz CT molecular complexity index is 491. The van der Waals surface area contributed by atoms with Crippen LogP contribution in [0.5, 0.6) is 0 Å². The number of furan rings is 1. The highest BCUT2D eigenvalue weighted by atomic mass is 16.3. The lowest BCUT2D eigenvalue weighted by Gasteiger charge is -2.21. The third-order valence-corrected chi connectivity index (χ3v) is 3.10. The van der Waals surface area contributed by atoms with Crippen molar-refractivity contribution in [2.45, 2.75) is 26.3 Å². The van der Waals surface area contributed by atoms with Gasteiger partial charge in [0.1, 0.15) is 5.76 Å². The summed E-state index contributed by atoms with van der Waals surface area (Å²) in [5.41, 5.74) is 1.25. The van der Waals surface area contributed by atoms with Crippen LogP contribution in [0.1, 0.15) is 24.7 Å². The molecular weight excluding hydrogens is 238 g/mol. The van der Waals surface area contributed by atoms with Gasteiger partial charge in [0.05, 0.1) is 12.8 Å². The van der Waals surface area contributed by atoms with Gasteiger partial charge in [-0.1, -0.05) is 37.3 Å². The molecule has 1 amide bonds. The smallest absolute Gasteiger partial charge is 0.222 e. The van der Waals surface area contributed by atoms with E-state index in [0.29, 0.717) is 13.0 Å². The molecule has 0 spiro atoms. The van der Waals surface area contributed by atoms with Crippen molar-refractivity contribution < 1.29 is 9.21 Å². The average Bonchev–Trinajstić information content (AvgIpc) is 2.96. The van der Waals surface area contributed by atoms with Gasteiger partial charge in [-0.2, -0.15) is 0 Å². The monoisotopic (exact) mass is 257 g/mol. The highest BCUT2D eigenvalue weighted by Gasteiger charge is 2.13. The van der Waals surface area contributed by atoms with Gasteiger partial charge < -0.3 is 9.32 Å². The molecule has 19 heavy (non-hydrogen) atoms. The minimum Gasteiger partial charge on any atom is -0.467 e. The quantitative estimate of drug-likeness (QED) is 0.796. The van der Waals surface area contributed by atoms with Gasteiger partial charge in [-0.05, 0) is 24.1 Å². The van der Waals surface area contributed by atoms with E-state index in [2.05, 4.69) is 12.1 Å². The third-order valence-electron chi connectivity index (χ3n) is 3.10. The zero-order chi connectivity index (χ0) is 13.5. The molecular formula is C16H19NO2. The lowest BCUT2D eigenvalue weighted by atomic mass is 10.1. The fourth-order valence-corrected chi connectivity index (χ4v) is 2.01. The Hall–Kier alpha value is -2.03. The number of benzene rings is 1. The van der Waals surface area contributed by atoms with E-state index in [1.165, 1.54) is 5.56 Å². The van der Waals surface area contributed by atoms with Crippen LogP contribution in [0.3, 0.4) is 0 Å². The lowest BCUT2D eigenvalue weighted by Crippen LogP contribution is -2.31. The fourth-order valence-electron chi connectivity index (χ4n) is 2.01. The summed E-state index contributed by atoms with van der Waals surface area (Å²) in [7, 11) is 0. The SMILES string of the molecule is CCC(=O)N(CCc1ccccc1)Cc1ccco1. The largest absolute Gasteiger partial charge is 0.467 e. The molecule has 1 heterocycles. The second-order valence-corrected chi connectivity index (χ2v) is 4.48. The molecule has 0 fully saturated rings. The van der Waals surface area contributed by atoms with Crippen molar-refractivity contribution in [1.29, 1.82) is 0 Å². The van der Waals surface area contributed by atoms with Gasteiger partial charge in [0.25, 0.3) is 0 Å². The summed E-state index contributed by atoms with van der Waals surface area (Å²) >= 11 is 0. The van der Waals surface area contributed by atoms with Crippen molar-refractivity contribution in [3.63, 3.8) is 0 Å². The molecule has 3 heteroatoms. The fraction of sp³-hybridized carbons (Fsp3) is 0.312. The Morgan fingerprint density at radius 2 is 1.95 bits per heavy atom. The molecule has 1 aromatic heterocycles. The molecule has 0 bridgehead atoms. The summed E-state index contributed by atoms with van der Waals surface area (Å²) in [6, 6.07) is 14.0. The molecule has 0 N–H and O–H groups in total. The molecule has 1 aromatic carbocycles. The normalized spacial score (nSPS) is 10.4. The predicted octanol–water partition coefficient (Wildman–Crippen LogP) is 3.26. The van der Waals surface area contributed by atoms with Crippen LogP contribution in [0.2, 0.25) is 0 Å². The maximum absolute atomic E-state index is 11.9. The van der Waals surface area contributed by atoms with Gasteiger partial charge in [0, 0.05) is 13.0 Å². The first kappa shape index (κ1) is 13.4. The van der Waals surface area contributed by atoms with Crippen LogP contribution in [-0.4, -0.2) is 17.4 Å². The molecule has 0 unspecified atom stereocenters. The van der Waals surface area contributed by atoms with E-state index in [4.69, 9.17) is 4.42 Å². The first-order valence-electron chi connectivity index (χ1n) is 6.63. The zero-order valence-electron chi connectivity index (χ0n) is 11.2. The van der Waals surface area contributed by atoms with Gasteiger partial charge in [0.15, 0.2) is 0 Å². The van der Waals surface area contributed by atoms with Gasteiger partial charge in [-0.15, -0.1) is 0 Å². The van der Waals surface area contributed by atoms with Gasteiger partial charge >= 0.3 is 0 Å². The van der Waals surface area contributed by atoms with E-state index >= 15 is 0 Å². The minimum atomic E-state index is 0.160. The average molecular weight is 257 g/mol. The van der Waals surface area contributed by atoms with Gasteiger partial charge in [-0.3, -0.25) is 4.79 Å². The van der Waals surface area contributed by atoms with Crippen molar-refractivity contribution in [3.05, 3.63) is 60.1 Å². The second kappa shape index (κ2) is 6.78. The maximum Gasteiger partial charge on any atom is 0.222 e. The van der Waals surface area contributed by atoms with E-state index in [-0.39, 0.29) is 5.91 Å². The Kier molecular flexibility index (Phi) is 4.78. The number of hydrogen-bond acceptors (Lipinski definition) is 2. The van der Waals surface area contributed by atoms with Crippen molar-refractivity contribution >= 4 is 5.91 Å². The summed E-state index contributed by atoms with van der Waals surface area (Å²) < 4.78 is 5.32. The summed E-state index contributed by atoms with van der Waals surface area (Å²) in [4.78, 5) is 13.8. The molecule has 0 atom stereocenters. The highest BCUT2D eigenvalue weighted by molar-refractivity contribution is 5.75. The molecule has 0 saturated carbocycles. The Morgan fingerprint density at radius 3 is 2.58 bits per heavy atom. The minimum absolute atomic E-state index is 0.160. The number of amides is 1. The topological polar surface area (TPSA) is 33.5 Å². The van der Waals surface area contributed by atoms with E-state index < -0.39 is 0 Å². The van der Waals surface area contributed by atoms with E-state index in [0.717, 1.165) is 18.7 Å². The van der Waals surface area contributed by atoms with Crippen LogP contribution >= 0.6 is 0 Å². The molecule has 0 aliphatic heterocycles. The Labute approximate surface area is 113 Å². The van der Waals surface area contributed by atoms with Crippen LogP contribution in [0.15, 0.2) is 53.1 Å². The van der Waals surface area contributed by atoms with Crippen LogP contribution < -0.4 is 0 Å². The molecule has 2 aromatic rings. The molecule has 0 radical (unpaired) electrons. The van der Waals surface area contributed by atoms with Crippen molar-refractivity contribution in [1.82, 2.24) is 4.90 Å². The van der Waals surface area contributed by atoms with Crippen LogP contribution in [-0.2, 0) is 17.8 Å². The summed E-state index contributed by atoms with van der Waals surface area (Å²) in [6.07, 6.45) is 3.03. The van der Waals surface area contributed by atoms with Crippen molar-refractivity contribution in [2.24, 2.45) is 0 Å². The zero-order valence-corrected chi connectivity index (χ0v) is 11.2. The molecule has 0 aliphatic carbocycles. The third kappa shape index (κ3) is 3.98. The molecule has 3 nitrogen and oxygen atoms in total. The van der Waals surface area contributed by atoms with Gasteiger partial charge in [-0.25, -0.2) is 0 Å². The maximum atomic E-state index is 11.9. The molecule has 0 aliphatic rings. The van der Waals surface area contributed by atoms with Crippen LogP contribution in [0.25, 0.3) is 0 Å². The number of nitrogens with zero attached hydrogens (tertiary/aromatic N) is 1. The predicted molar refractivity (Wildman–Crippen MR) is 74.6 cm³/mol. The van der Waals surface area contributed by atoms with E-state index in [1.54, 1.807) is 6.26 Å². The number of carbonyl (C=O) groups is 1. The van der Waals surface area contributed by atoms with Crippen molar-refractivity contribution in [2.75, 3.05) is 6.54 Å². The number of carbonyl (C=O) groups excluding carboxylic acids is 1. The van der Waals surface area contributed by atoms with Crippen LogP contribution in [0, 0.1) is 0 Å². The second-order valence-electron chi connectivity index (χ2n) is 4.48. The lowest BCUT2D eigenvalue weighted by molar-refractivity contribution is -0.131. The molecule has 100 valence electrons. The van der Waals surface area contributed by atoms with E-state index in [9.17, 15) is 4.79 Å². The number of rotatable bonds is 6.